The number of nitrogens with zero attached hydrogens (tertiary/aromatic N) is 1. The summed E-state index contributed by atoms with van der Waals surface area (Å²) in [4.78, 5) is 23.3. The van der Waals surface area contributed by atoms with Crippen LogP contribution in [0.3, 0.4) is 0 Å². The van der Waals surface area contributed by atoms with Crippen molar-refractivity contribution in [3.8, 4) is 0 Å². The van der Waals surface area contributed by atoms with Gasteiger partial charge in [-0.1, -0.05) is 36.9 Å². The molecular weight excluding hydrogens is 378 g/mol. The van der Waals surface area contributed by atoms with Gasteiger partial charge in [-0.15, -0.1) is 11.3 Å². The molecule has 1 aromatic carbocycles. The molecule has 0 spiro atoms. The Balaban J connectivity index is 2.16. The van der Waals surface area contributed by atoms with Crippen LogP contribution < -0.4 is 0 Å². The second kappa shape index (κ2) is 8.15. The van der Waals surface area contributed by atoms with E-state index in [2.05, 4.69) is 6.58 Å². The number of benzene rings is 1. The van der Waals surface area contributed by atoms with E-state index in [1.165, 1.54) is 19.1 Å². The zero-order valence-corrected chi connectivity index (χ0v) is 15.5. The molecule has 7 nitrogen and oxygen atoms in total. The third kappa shape index (κ3) is 4.30. The Morgan fingerprint density at radius 2 is 1.85 bits per heavy atom. The number of ether oxygens (including phenoxy) is 1. The van der Waals surface area contributed by atoms with Crippen LogP contribution in [0.4, 0.5) is 0 Å². The smallest absolute Gasteiger partial charge is 0.352 e. The summed E-state index contributed by atoms with van der Waals surface area (Å²) in [6.45, 7) is 4.74. The maximum absolute atomic E-state index is 12.6. The van der Waals surface area contributed by atoms with Gasteiger partial charge in [-0.2, -0.15) is 0 Å². The maximum atomic E-state index is 12.6. The number of carboxylic acids is 1. The van der Waals surface area contributed by atoms with Gasteiger partial charge >= 0.3 is 11.9 Å². The number of esters is 1. The Morgan fingerprint density at radius 1 is 1.19 bits per heavy atom. The van der Waals surface area contributed by atoms with Gasteiger partial charge in [-0.3, -0.25) is 4.31 Å². The van der Waals surface area contributed by atoms with Crippen molar-refractivity contribution in [2.75, 3.05) is 6.54 Å². The number of thiophene rings is 1. The number of hydrogen-bond donors (Lipinski definition) is 1. The predicted octanol–water partition coefficient (Wildman–Crippen LogP) is 2.71. The molecule has 0 saturated heterocycles. The molecular formula is C17H17NO6S2. The van der Waals surface area contributed by atoms with Crippen LogP contribution in [0.15, 0.2) is 58.9 Å². The number of carbonyl (C=O) groups is 2. The number of hydrogen-bond acceptors (Lipinski definition) is 6. The molecule has 0 unspecified atom stereocenters. The lowest BCUT2D eigenvalue weighted by Crippen LogP contribution is -2.32. The lowest BCUT2D eigenvalue weighted by molar-refractivity contribution is -0.133. The molecule has 0 aliphatic carbocycles. The van der Waals surface area contributed by atoms with E-state index in [1.807, 2.05) is 18.2 Å². The van der Waals surface area contributed by atoms with Gasteiger partial charge in [-0.05, 0) is 24.6 Å². The summed E-state index contributed by atoms with van der Waals surface area (Å²) in [5.74, 6) is -2.09. The Morgan fingerprint density at radius 3 is 2.42 bits per heavy atom. The summed E-state index contributed by atoms with van der Waals surface area (Å²) < 4.78 is 30.9. The average Bonchev–Trinajstić information content (AvgIpc) is 3.12. The second-order valence-electron chi connectivity index (χ2n) is 5.10. The fraction of sp³-hybridized carbons (Fsp3) is 0.176. The number of likely N-dealkylation sites (N-methyl/N-ethyl adjacent to an activating group) is 1. The van der Waals surface area contributed by atoms with Crippen molar-refractivity contribution in [1.82, 2.24) is 4.31 Å². The fourth-order valence-electron chi connectivity index (χ4n) is 2.08. The van der Waals surface area contributed by atoms with Crippen LogP contribution in [0.25, 0.3) is 0 Å². The molecule has 0 bridgehead atoms. The normalized spacial score (nSPS) is 11.0. The topological polar surface area (TPSA) is 101 Å². The van der Waals surface area contributed by atoms with Crippen molar-refractivity contribution in [3.63, 3.8) is 0 Å². The van der Waals surface area contributed by atoms with Gasteiger partial charge in [0.1, 0.15) is 21.4 Å². The van der Waals surface area contributed by atoms with Gasteiger partial charge in [0, 0.05) is 6.54 Å². The van der Waals surface area contributed by atoms with Gasteiger partial charge in [0.15, 0.2) is 0 Å². The van der Waals surface area contributed by atoms with Crippen molar-refractivity contribution < 1.29 is 27.9 Å². The molecule has 0 aliphatic rings. The van der Waals surface area contributed by atoms with Crippen molar-refractivity contribution in [2.24, 2.45) is 0 Å². The summed E-state index contributed by atoms with van der Waals surface area (Å²) in [6, 6.07) is 11.6. The third-order valence-corrected chi connectivity index (χ3v) is 6.82. The molecule has 1 aromatic heterocycles. The summed E-state index contributed by atoms with van der Waals surface area (Å²) in [5.41, 5.74) is 0.245. The highest BCUT2D eigenvalue weighted by Crippen LogP contribution is 2.27. The maximum Gasteiger partial charge on any atom is 0.352 e. The average molecular weight is 395 g/mol. The van der Waals surface area contributed by atoms with Crippen molar-refractivity contribution in [2.45, 2.75) is 17.7 Å². The molecule has 2 aromatic rings. The van der Waals surface area contributed by atoms with E-state index in [0.29, 0.717) is 4.31 Å². The highest BCUT2D eigenvalue weighted by atomic mass is 32.2. The zero-order chi connectivity index (χ0) is 19.3. The van der Waals surface area contributed by atoms with E-state index in [0.717, 1.165) is 16.9 Å². The number of rotatable bonds is 8. The van der Waals surface area contributed by atoms with E-state index < -0.39 is 27.7 Å². The van der Waals surface area contributed by atoms with Crippen LogP contribution in [0.5, 0.6) is 0 Å². The lowest BCUT2D eigenvalue weighted by atomic mass is 10.2. The molecule has 0 fully saturated rings. The summed E-state index contributed by atoms with van der Waals surface area (Å²) in [5, 5.41) is 8.99. The molecule has 138 valence electrons. The number of carboxylic acid groups (broad SMARTS) is 1. The molecule has 26 heavy (non-hydrogen) atoms. The first kappa shape index (κ1) is 19.7. The monoisotopic (exact) mass is 395 g/mol. The van der Waals surface area contributed by atoms with Crippen molar-refractivity contribution in [1.29, 1.82) is 0 Å². The largest absolute Gasteiger partial charge is 0.477 e. The highest BCUT2D eigenvalue weighted by Gasteiger charge is 2.29. The Kier molecular flexibility index (Phi) is 6.17. The summed E-state index contributed by atoms with van der Waals surface area (Å²) >= 11 is 0.718. The standard InChI is InChI=1S/C17H17NO6S2/c1-3-18(12(2)16(19)20)26(22,23)15-10-9-14(25-15)17(21)24-11-13-7-5-4-6-8-13/h4-10H,2-3,11H2,1H3,(H,19,20). The highest BCUT2D eigenvalue weighted by molar-refractivity contribution is 7.91. The molecule has 1 heterocycles. The molecule has 0 saturated carbocycles. The Labute approximate surface area is 155 Å². The first-order chi connectivity index (χ1) is 12.3. The van der Waals surface area contributed by atoms with Gasteiger partial charge < -0.3 is 9.84 Å². The molecule has 0 radical (unpaired) electrons. The molecule has 1 N–H and O–H groups in total. The zero-order valence-electron chi connectivity index (χ0n) is 13.9. The molecule has 0 amide bonds. The second-order valence-corrected chi connectivity index (χ2v) is 8.27. The van der Waals surface area contributed by atoms with Crippen LogP contribution in [0, 0.1) is 0 Å². The van der Waals surface area contributed by atoms with Gasteiger partial charge in [0.2, 0.25) is 0 Å². The first-order valence-corrected chi connectivity index (χ1v) is 9.78. The van der Waals surface area contributed by atoms with E-state index in [-0.39, 0.29) is 22.2 Å². The Bertz CT molecular complexity index is 918. The summed E-state index contributed by atoms with van der Waals surface area (Å²) in [6.07, 6.45) is 0. The minimum Gasteiger partial charge on any atom is -0.477 e. The van der Waals surface area contributed by atoms with Gasteiger partial charge in [-0.25, -0.2) is 18.0 Å². The fourth-order valence-corrected chi connectivity index (χ4v) is 4.84. The van der Waals surface area contributed by atoms with Crippen molar-refractivity contribution in [3.05, 3.63) is 65.2 Å². The van der Waals surface area contributed by atoms with E-state index in [1.54, 1.807) is 12.1 Å². The predicted molar refractivity (Wildman–Crippen MR) is 96.2 cm³/mol. The van der Waals surface area contributed by atoms with Crippen LogP contribution in [-0.2, 0) is 26.2 Å². The molecule has 0 aliphatic heterocycles. The molecule has 2 rings (SSSR count). The van der Waals surface area contributed by atoms with E-state index in [4.69, 9.17) is 9.84 Å². The number of sulfonamides is 1. The van der Waals surface area contributed by atoms with Crippen LogP contribution in [0.2, 0.25) is 0 Å². The minimum atomic E-state index is -4.11. The van der Waals surface area contributed by atoms with Gasteiger partial charge in [0.25, 0.3) is 10.0 Å². The summed E-state index contributed by atoms with van der Waals surface area (Å²) in [7, 11) is -4.11. The van der Waals surface area contributed by atoms with Crippen LogP contribution >= 0.6 is 11.3 Å². The lowest BCUT2D eigenvalue weighted by Gasteiger charge is -2.21. The third-order valence-electron chi connectivity index (χ3n) is 3.37. The molecule has 0 atom stereocenters. The number of aliphatic carboxylic acids is 1. The van der Waals surface area contributed by atoms with Crippen LogP contribution in [-0.4, -0.2) is 36.3 Å². The van der Waals surface area contributed by atoms with Crippen molar-refractivity contribution >= 4 is 33.3 Å². The van der Waals surface area contributed by atoms with E-state index >= 15 is 0 Å². The Hall–Kier alpha value is -2.65. The SMILES string of the molecule is C=C(C(=O)O)N(CC)S(=O)(=O)c1ccc(C(=O)OCc2ccccc2)s1. The van der Waals surface area contributed by atoms with Crippen LogP contribution in [0.1, 0.15) is 22.2 Å². The first-order valence-electron chi connectivity index (χ1n) is 7.53. The molecule has 9 heteroatoms. The quantitative estimate of drug-likeness (QED) is 0.545. The van der Waals surface area contributed by atoms with Gasteiger partial charge in [0.05, 0.1) is 0 Å². The minimum absolute atomic E-state index is 0.0660. The number of carbonyl (C=O) groups excluding carboxylic acids is 1. The van der Waals surface area contributed by atoms with E-state index in [9.17, 15) is 18.0 Å².